The van der Waals surface area contributed by atoms with E-state index in [0.717, 1.165) is 45.0 Å². The molecule has 1 atom stereocenters. The SMILES string of the molecule is Cc1cnc(-c2nc(-c3nn(COCC[Si](C)(C)C)c4ncccc34)cs2)n1CC1CCS(=O)(=O)C1. The Labute approximate surface area is 216 Å². The van der Waals surface area contributed by atoms with Crippen molar-refractivity contribution in [2.45, 2.75) is 52.3 Å². The number of sulfone groups is 1. The molecule has 192 valence electrons. The fourth-order valence-corrected chi connectivity index (χ4v) is 7.85. The minimum atomic E-state index is -2.93. The minimum Gasteiger partial charge on any atom is -0.359 e. The highest BCUT2D eigenvalue weighted by molar-refractivity contribution is 7.91. The zero-order valence-electron chi connectivity index (χ0n) is 21.1. The Morgan fingerprint density at radius 1 is 1.25 bits per heavy atom. The number of fused-ring (bicyclic) bond motifs is 1. The lowest BCUT2D eigenvalue weighted by atomic mass is 10.1. The van der Waals surface area contributed by atoms with Crippen LogP contribution in [0.15, 0.2) is 29.9 Å². The van der Waals surface area contributed by atoms with Crippen LogP contribution in [0.3, 0.4) is 0 Å². The van der Waals surface area contributed by atoms with E-state index in [0.29, 0.717) is 26.3 Å². The summed E-state index contributed by atoms with van der Waals surface area (Å²) in [5.41, 5.74) is 3.31. The summed E-state index contributed by atoms with van der Waals surface area (Å²) in [5, 5.41) is 8.53. The Hall–Kier alpha value is -2.41. The number of hydrogen-bond donors (Lipinski definition) is 0. The Balaban J connectivity index is 1.40. The predicted octanol–water partition coefficient (Wildman–Crippen LogP) is 4.47. The van der Waals surface area contributed by atoms with Crippen LogP contribution in [0.4, 0.5) is 0 Å². The van der Waals surface area contributed by atoms with Crippen molar-refractivity contribution in [2.75, 3.05) is 18.1 Å². The van der Waals surface area contributed by atoms with Gasteiger partial charge in [0.1, 0.15) is 18.1 Å². The van der Waals surface area contributed by atoms with Gasteiger partial charge >= 0.3 is 0 Å². The quantitative estimate of drug-likeness (QED) is 0.226. The van der Waals surface area contributed by atoms with Crippen LogP contribution in [0.25, 0.3) is 33.3 Å². The molecule has 9 nitrogen and oxygen atoms in total. The number of rotatable bonds is 9. The van der Waals surface area contributed by atoms with E-state index in [9.17, 15) is 8.42 Å². The first-order valence-electron chi connectivity index (χ1n) is 12.2. The molecule has 0 spiro atoms. The van der Waals surface area contributed by atoms with Crippen LogP contribution in [0.2, 0.25) is 25.7 Å². The second-order valence-electron chi connectivity index (χ2n) is 10.7. The lowest BCUT2D eigenvalue weighted by Crippen LogP contribution is -2.22. The first kappa shape index (κ1) is 25.2. The summed E-state index contributed by atoms with van der Waals surface area (Å²) in [6.07, 6.45) is 4.28. The zero-order chi connectivity index (χ0) is 25.5. The molecule has 1 saturated heterocycles. The lowest BCUT2D eigenvalue weighted by molar-refractivity contribution is 0.0814. The van der Waals surface area contributed by atoms with Crippen LogP contribution in [0.1, 0.15) is 12.1 Å². The molecule has 36 heavy (non-hydrogen) atoms. The molecule has 0 aliphatic carbocycles. The summed E-state index contributed by atoms with van der Waals surface area (Å²) in [6.45, 7) is 10.7. The highest BCUT2D eigenvalue weighted by Crippen LogP contribution is 2.33. The summed E-state index contributed by atoms with van der Waals surface area (Å²) in [4.78, 5) is 14.1. The monoisotopic (exact) mass is 544 g/mol. The molecule has 5 heterocycles. The molecule has 1 fully saturated rings. The second-order valence-corrected chi connectivity index (χ2v) is 19.4. The number of imidazole rings is 1. The van der Waals surface area contributed by atoms with E-state index < -0.39 is 17.9 Å². The Morgan fingerprint density at radius 2 is 2.08 bits per heavy atom. The zero-order valence-corrected chi connectivity index (χ0v) is 23.8. The van der Waals surface area contributed by atoms with Gasteiger partial charge in [0.15, 0.2) is 26.3 Å². The normalized spacial score (nSPS) is 17.8. The van der Waals surface area contributed by atoms with E-state index in [4.69, 9.17) is 14.8 Å². The third-order valence-corrected chi connectivity index (χ3v) is 10.9. The summed E-state index contributed by atoms with van der Waals surface area (Å²) >= 11 is 1.52. The number of aryl methyl sites for hydroxylation is 1. The third kappa shape index (κ3) is 5.46. The standard InChI is InChI=1S/C24H32N6O3S2Si/c1-17-12-26-23(29(17)13-18-7-10-35(31,32)15-18)24-27-20(14-34-24)21-19-6-5-8-25-22(19)30(28-21)16-33-9-11-36(2,3)4/h5-6,8,12,14,18H,7,9-11,13,15-16H2,1-4H3. The number of nitrogens with zero attached hydrogens (tertiary/aromatic N) is 6. The molecule has 5 rings (SSSR count). The molecule has 4 aromatic rings. The third-order valence-electron chi connectivity index (χ3n) is 6.48. The Bertz CT molecular complexity index is 1490. The van der Waals surface area contributed by atoms with Crippen molar-refractivity contribution < 1.29 is 13.2 Å². The maximum Gasteiger partial charge on any atom is 0.169 e. The number of ether oxygens (including phenoxy) is 1. The van der Waals surface area contributed by atoms with Crippen molar-refractivity contribution in [2.24, 2.45) is 5.92 Å². The Kier molecular flexibility index (Phi) is 6.88. The first-order chi connectivity index (χ1) is 17.1. The van der Waals surface area contributed by atoms with E-state index in [-0.39, 0.29) is 17.4 Å². The lowest BCUT2D eigenvalue weighted by Gasteiger charge is -2.15. The molecule has 0 radical (unpaired) electrons. The topological polar surface area (TPSA) is 105 Å². The maximum atomic E-state index is 11.9. The summed E-state index contributed by atoms with van der Waals surface area (Å²) < 4.78 is 33.7. The van der Waals surface area contributed by atoms with E-state index in [1.54, 1.807) is 10.9 Å². The molecule has 0 N–H and O–H groups in total. The molecule has 0 amide bonds. The van der Waals surface area contributed by atoms with E-state index >= 15 is 0 Å². The van der Waals surface area contributed by atoms with Crippen LogP contribution in [0, 0.1) is 12.8 Å². The first-order valence-corrected chi connectivity index (χ1v) is 18.6. The van der Waals surface area contributed by atoms with Crippen molar-refractivity contribution in [3.8, 4) is 22.2 Å². The van der Waals surface area contributed by atoms with Crippen molar-refractivity contribution in [1.82, 2.24) is 29.3 Å². The average Bonchev–Trinajstić information content (AvgIpc) is 3.58. The predicted molar refractivity (Wildman–Crippen MR) is 145 cm³/mol. The van der Waals surface area contributed by atoms with Crippen molar-refractivity contribution in [1.29, 1.82) is 0 Å². The number of thiazole rings is 1. The molecule has 12 heteroatoms. The van der Waals surface area contributed by atoms with Crippen LogP contribution >= 0.6 is 11.3 Å². The molecular weight excluding hydrogens is 513 g/mol. The smallest absolute Gasteiger partial charge is 0.169 e. The van der Waals surface area contributed by atoms with Gasteiger partial charge in [0.05, 0.1) is 11.5 Å². The van der Waals surface area contributed by atoms with E-state index in [2.05, 4.69) is 34.2 Å². The van der Waals surface area contributed by atoms with Gasteiger partial charge < -0.3 is 9.30 Å². The molecule has 4 aromatic heterocycles. The van der Waals surface area contributed by atoms with Crippen molar-refractivity contribution in [3.05, 3.63) is 35.6 Å². The van der Waals surface area contributed by atoms with Gasteiger partial charge in [-0.15, -0.1) is 11.3 Å². The van der Waals surface area contributed by atoms with Crippen LogP contribution in [-0.2, 0) is 27.8 Å². The molecular formula is C24H32N6O3S2Si. The maximum absolute atomic E-state index is 11.9. The van der Waals surface area contributed by atoms with Gasteiger partial charge in [-0.25, -0.2) is 28.1 Å². The molecule has 1 unspecified atom stereocenters. The largest absolute Gasteiger partial charge is 0.359 e. The fourth-order valence-electron chi connectivity index (χ4n) is 4.44. The highest BCUT2D eigenvalue weighted by atomic mass is 32.2. The van der Waals surface area contributed by atoms with Crippen LogP contribution < -0.4 is 0 Å². The summed E-state index contributed by atoms with van der Waals surface area (Å²) in [5.74, 6) is 1.38. The van der Waals surface area contributed by atoms with Gasteiger partial charge in [-0.3, -0.25) is 0 Å². The number of aromatic nitrogens is 6. The molecule has 1 aliphatic rings. The molecule has 1 aliphatic heterocycles. The number of pyridine rings is 1. The second kappa shape index (κ2) is 9.80. The summed E-state index contributed by atoms with van der Waals surface area (Å²) in [6, 6.07) is 5.01. The molecule has 0 saturated carbocycles. The minimum absolute atomic E-state index is 0.104. The molecule has 0 bridgehead atoms. The van der Waals surface area contributed by atoms with Gasteiger partial charge in [-0.05, 0) is 37.4 Å². The number of hydrogen-bond acceptors (Lipinski definition) is 8. The van der Waals surface area contributed by atoms with Crippen LogP contribution in [-0.4, -0.2) is 63.9 Å². The molecule has 0 aromatic carbocycles. The fraction of sp³-hybridized carbons (Fsp3) is 0.500. The van der Waals surface area contributed by atoms with Gasteiger partial charge in [-0.1, -0.05) is 19.6 Å². The summed E-state index contributed by atoms with van der Waals surface area (Å²) in [7, 11) is -4.09. The average molecular weight is 545 g/mol. The van der Waals surface area contributed by atoms with Crippen molar-refractivity contribution in [3.63, 3.8) is 0 Å². The van der Waals surface area contributed by atoms with Gasteiger partial charge in [0.25, 0.3) is 0 Å². The van der Waals surface area contributed by atoms with Crippen molar-refractivity contribution >= 4 is 40.3 Å². The van der Waals surface area contributed by atoms with E-state index in [1.165, 1.54) is 11.3 Å². The van der Waals surface area contributed by atoms with Gasteiger partial charge in [0.2, 0.25) is 0 Å². The van der Waals surface area contributed by atoms with Gasteiger partial charge in [0, 0.05) is 50.1 Å². The van der Waals surface area contributed by atoms with Crippen LogP contribution in [0.5, 0.6) is 0 Å². The van der Waals surface area contributed by atoms with E-state index in [1.807, 2.05) is 30.6 Å². The Morgan fingerprint density at radius 3 is 2.83 bits per heavy atom. The highest BCUT2D eigenvalue weighted by Gasteiger charge is 2.29. The van der Waals surface area contributed by atoms with Gasteiger partial charge in [-0.2, -0.15) is 5.10 Å².